The summed E-state index contributed by atoms with van der Waals surface area (Å²) in [6.45, 7) is 4.80. The van der Waals surface area contributed by atoms with Crippen LogP contribution in [-0.2, 0) is 11.3 Å². The number of aromatic nitrogens is 2. The van der Waals surface area contributed by atoms with Crippen molar-refractivity contribution in [2.45, 2.75) is 44.5 Å². The molecule has 1 N–H and O–H groups in total. The number of nitrogens with zero attached hydrogens (tertiary/aromatic N) is 3. The van der Waals surface area contributed by atoms with E-state index in [1.165, 1.54) is 5.69 Å². The summed E-state index contributed by atoms with van der Waals surface area (Å²) in [4.78, 5) is 6.89. The number of ether oxygens (including phenoxy) is 1. The summed E-state index contributed by atoms with van der Waals surface area (Å²) in [5.41, 5.74) is 2.29. The molecule has 132 valence electrons. The lowest BCUT2D eigenvalue weighted by molar-refractivity contribution is 0.0834. The molecule has 3 atom stereocenters. The Morgan fingerprint density at radius 1 is 1.32 bits per heavy atom. The number of pyridine rings is 1. The highest BCUT2D eigenvalue weighted by Gasteiger charge is 2.42. The van der Waals surface area contributed by atoms with Crippen molar-refractivity contribution in [2.75, 3.05) is 13.2 Å². The third kappa shape index (κ3) is 3.16. The molecule has 6 heteroatoms. The molecule has 25 heavy (non-hydrogen) atoms. The number of rotatable bonds is 5. The molecule has 2 saturated heterocycles. The van der Waals surface area contributed by atoms with Crippen molar-refractivity contribution < 1.29 is 4.74 Å². The molecule has 4 rings (SSSR count). The van der Waals surface area contributed by atoms with Crippen molar-refractivity contribution in [1.82, 2.24) is 19.8 Å². The minimum absolute atomic E-state index is 0.0512. The van der Waals surface area contributed by atoms with Gasteiger partial charge in [-0.3, -0.25) is 4.98 Å². The SMILES string of the molecule is CCn1cccc1[C@H]1[C@H](c2ccccn2)NC(=S)N1C[C@@H]1CCCO1. The molecule has 0 unspecified atom stereocenters. The fourth-order valence-corrected chi connectivity index (χ4v) is 4.23. The molecule has 0 aromatic carbocycles. The average Bonchev–Trinajstić information content (AvgIpc) is 3.37. The predicted molar refractivity (Wildman–Crippen MR) is 101 cm³/mol. The molecule has 4 heterocycles. The van der Waals surface area contributed by atoms with E-state index < -0.39 is 0 Å². The average molecular weight is 356 g/mol. The highest BCUT2D eigenvalue weighted by Crippen LogP contribution is 2.39. The molecule has 2 aliphatic rings. The van der Waals surface area contributed by atoms with Gasteiger partial charge in [-0.25, -0.2) is 0 Å². The molecule has 0 radical (unpaired) electrons. The van der Waals surface area contributed by atoms with Crippen molar-refractivity contribution >= 4 is 17.3 Å². The molecule has 0 aliphatic carbocycles. The van der Waals surface area contributed by atoms with E-state index in [2.05, 4.69) is 51.1 Å². The largest absolute Gasteiger partial charge is 0.376 e. The van der Waals surface area contributed by atoms with Crippen molar-refractivity contribution in [1.29, 1.82) is 0 Å². The van der Waals surface area contributed by atoms with E-state index in [-0.39, 0.29) is 18.2 Å². The van der Waals surface area contributed by atoms with Crippen LogP contribution in [0.3, 0.4) is 0 Å². The Bertz CT molecular complexity index is 726. The van der Waals surface area contributed by atoms with Gasteiger partial charge in [0.1, 0.15) is 0 Å². The molecule has 2 aromatic heterocycles. The summed E-state index contributed by atoms with van der Waals surface area (Å²) < 4.78 is 8.17. The van der Waals surface area contributed by atoms with E-state index in [1.807, 2.05) is 18.3 Å². The van der Waals surface area contributed by atoms with Gasteiger partial charge < -0.3 is 19.5 Å². The minimum atomic E-state index is 0.0512. The van der Waals surface area contributed by atoms with Crippen LogP contribution in [0.15, 0.2) is 42.7 Å². The van der Waals surface area contributed by atoms with Gasteiger partial charge in [0.05, 0.1) is 23.9 Å². The highest BCUT2D eigenvalue weighted by atomic mass is 32.1. The van der Waals surface area contributed by atoms with Gasteiger partial charge in [-0.05, 0) is 56.2 Å². The summed E-state index contributed by atoms with van der Waals surface area (Å²) in [7, 11) is 0. The Balaban J connectivity index is 1.70. The van der Waals surface area contributed by atoms with Gasteiger partial charge >= 0.3 is 0 Å². The van der Waals surface area contributed by atoms with Crippen LogP contribution < -0.4 is 5.32 Å². The summed E-state index contributed by atoms with van der Waals surface area (Å²) >= 11 is 5.70. The molecule has 0 bridgehead atoms. The lowest BCUT2D eigenvalue weighted by atomic mass is 10.0. The van der Waals surface area contributed by atoms with Crippen LogP contribution in [0, 0.1) is 0 Å². The normalized spacial score (nSPS) is 26.2. The summed E-state index contributed by atoms with van der Waals surface area (Å²) in [6, 6.07) is 10.5. The maximum atomic E-state index is 5.87. The third-order valence-corrected chi connectivity index (χ3v) is 5.48. The zero-order chi connectivity index (χ0) is 17.2. The quantitative estimate of drug-likeness (QED) is 0.834. The van der Waals surface area contributed by atoms with E-state index in [1.54, 1.807) is 0 Å². The number of hydrogen-bond donors (Lipinski definition) is 1. The lowest BCUT2D eigenvalue weighted by Crippen LogP contribution is -2.36. The Morgan fingerprint density at radius 3 is 2.96 bits per heavy atom. The smallest absolute Gasteiger partial charge is 0.170 e. The number of aryl methyl sites for hydroxylation is 1. The molecule has 2 fully saturated rings. The van der Waals surface area contributed by atoms with Crippen molar-refractivity contribution in [3.05, 3.63) is 54.1 Å². The monoisotopic (exact) mass is 356 g/mol. The first-order chi connectivity index (χ1) is 12.3. The van der Waals surface area contributed by atoms with Gasteiger partial charge in [0.2, 0.25) is 0 Å². The maximum absolute atomic E-state index is 5.87. The van der Waals surface area contributed by atoms with Gasteiger partial charge in [0.25, 0.3) is 0 Å². The Morgan fingerprint density at radius 2 is 2.24 bits per heavy atom. The maximum Gasteiger partial charge on any atom is 0.170 e. The number of hydrogen-bond acceptors (Lipinski definition) is 3. The van der Waals surface area contributed by atoms with Gasteiger partial charge in [-0.2, -0.15) is 0 Å². The van der Waals surface area contributed by atoms with E-state index in [4.69, 9.17) is 17.0 Å². The van der Waals surface area contributed by atoms with Crippen molar-refractivity contribution in [3.8, 4) is 0 Å². The molecule has 2 aromatic rings. The van der Waals surface area contributed by atoms with E-state index in [9.17, 15) is 0 Å². The summed E-state index contributed by atoms with van der Waals surface area (Å²) in [5.74, 6) is 0. The van der Waals surface area contributed by atoms with Gasteiger partial charge in [-0.1, -0.05) is 6.07 Å². The second-order valence-corrected chi connectivity index (χ2v) is 7.02. The van der Waals surface area contributed by atoms with Crippen LogP contribution in [-0.4, -0.2) is 38.8 Å². The Labute approximate surface area is 154 Å². The highest BCUT2D eigenvalue weighted by molar-refractivity contribution is 7.80. The molecule has 0 amide bonds. The first-order valence-electron chi connectivity index (χ1n) is 9.02. The van der Waals surface area contributed by atoms with Gasteiger partial charge in [0, 0.05) is 37.8 Å². The fraction of sp³-hybridized carbons (Fsp3) is 0.474. The van der Waals surface area contributed by atoms with Crippen LogP contribution in [0.25, 0.3) is 0 Å². The fourth-order valence-electron chi connectivity index (χ4n) is 3.92. The van der Waals surface area contributed by atoms with Crippen LogP contribution in [0.5, 0.6) is 0 Å². The second kappa shape index (κ2) is 7.14. The molecule has 0 spiro atoms. The molecule has 5 nitrogen and oxygen atoms in total. The predicted octanol–water partition coefficient (Wildman–Crippen LogP) is 3.05. The van der Waals surface area contributed by atoms with Gasteiger partial charge in [0.15, 0.2) is 5.11 Å². The first-order valence-corrected chi connectivity index (χ1v) is 9.43. The topological polar surface area (TPSA) is 42.3 Å². The van der Waals surface area contributed by atoms with Crippen LogP contribution in [0.4, 0.5) is 0 Å². The summed E-state index contributed by atoms with van der Waals surface area (Å²) in [5, 5.41) is 4.30. The Hall–Kier alpha value is -1.92. The van der Waals surface area contributed by atoms with Crippen LogP contribution >= 0.6 is 12.2 Å². The van der Waals surface area contributed by atoms with E-state index in [0.29, 0.717) is 0 Å². The van der Waals surface area contributed by atoms with E-state index in [0.717, 1.165) is 43.3 Å². The van der Waals surface area contributed by atoms with Crippen molar-refractivity contribution in [3.63, 3.8) is 0 Å². The molecular formula is C19H24N4OS. The Kier molecular flexibility index (Phi) is 4.72. The summed E-state index contributed by atoms with van der Waals surface area (Å²) in [6.07, 6.45) is 6.48. The standard InChI is InChI=1S/C19H24N4OS/c1-2-22-11-5-9-16(22)18-17(15-8-3-4-10-20-15)21-19(25)23(18)13-14-7-6-12-24-14/h3-5,8-11,14,17-18H,2,6-7,12-13H2,1H3,(H,21,25)/t14-,17-,18-/m0/s1. The van der Waals surface area contributed by atoms with E-state index >= 15 is 0 Å². The van der Waals surface area contributed by atoms with Crippen molar-refractivity contribution in [2.24, 2.45) is 0 Å². The first kappa shape index (κ1) is 16.5. The lowest BCUT2D eigenvalue weighted by Gasteiger charge is -2.30. The zero-order valence-corrected chi connectivity index (χ0v) is 15.3. The zero-order valence-electron chi connectivity index (χ0n) is 14.5. The third-order valence-electron chi connectivity index (χ3n) is 5.13. The second-order valence-electron chi connectivity index (χ2n) is 6.63. The van der Waals surface area contributed by atoms with Crippen LogP contribution in [0.2, 0.25) is 0 Å². The van der Waals surface area contributed by atoms with Gasteiger partial charge in [-0.15, -0.1) is 0 Å². The molecule has 2 aliphatic heterocycles. The number of thiocarbonyl (C=S) groups is 1. The number of nitrogens with one attached hydrogen (secondary N) is 1. The van der Waals surface area contributed by atoms with Crippen LogP contribution in [0.1, 0.15) is 43.2 Å². The minimum Gasteiger partial charge on any atom is -0.376 e. The molecule has 0 saturated carbocycles. The molecular weight excluding hydrogens is 332 g/mol.